The highest BCUT2D eigenvalue weighted by Gasteiger charge is 2.30. The molecule has 6 heteroatoms. The minimum absolute atomic E-state index is 0.103. The summed E-state index contributed by atoms with van der Waals surface area (Å²) in [4.78, 5) is 26.0. The van der Waals surface area contributed by atoms with Gasteiger partial charge in [0.05, 0.1) is 11.7 Å². The highest BCUT2D eigenvalue weighted by atomic mass is 16.5. The van der Waals surface area contributed by atoms with Gasteiger partial charge in [0, 0.05) is 13.2 Å². The number of aromatic amines is 1. The fourth-order valence-corrected chi connectivity index (χ4v) is 2.78. The fourth-order valence-electron chi connectivity index (χ4n) is 2.78. The molecule has 1 aliphatic rings. The normalized spacial score (nSPS) is 23.2. The van der Waals surface area contributed by atoms with E-state index in [1.165, 1.54) is 4.57 Å². The summed E-state index contributed by atoms with van der Waals surface area (Å²) in [5, 5.41) is 10.2. The fraction of sp³-hybridized carbons (Fsp3) is 0.692. The molecule has 0 aromatic carbocycles. The second-order valence-corrected chi connectivity index (χ2v) is 5.35. The van der Waals surface area contributed by atoms with E-state index in [9.17, 15) is 14.7 Å². The number of aromatic nitrogens is 2. The maximum Gasteiger partial charge on any atom is 0.331 e. The van der Waals surface area contributed by atoms with Crippen molar-refractivity contribution in [1.29, 1.82) is 0 Å². The van der Waals surface area contributed by atoms with Gasteiger partial charge in [-0.15, -0.1) is 0 Å². The zero-order valence-electron chi connectivity index (χ0n) is 11.5. The van der Waals surface area contributed by atoms with Crippen LogP contribution in [0, 0.1) is 0 Å². The molecule has 1 aliphatic carbocycles. The number of hydrogen-bond acceptors (Lipinski definition) is 4. The van der Waals surface area contributed by atoms with Crippen molar-refractivity contribution in [3.63, 3.8) is 0 Å². The van der Waals surface area contributed by atoms with Crippen molar-refractivity contribution in [3.05, 3.63) is 26.4 Å². The molecular weight excluding hydrogens is 248 g/mol. The van der Waals surface area contributed by atoms with Gasteiger partial charge in [-0.3, -0.25) is 14.3 Å². The molecule has 106 valence electrons. The van der Waals surface area contributed by atoms with Gasteiger partial charge < -0.3 is 9.84 Å². The van der Waals surface area contributed by atoms with Gasteiger partial charge in [0.1, 0.15) is 0 Å². The zero-order chi connectivity index (χ0) is 14.2. The van der Waals surface area contributed by atoms with E-state index in [1.54, 1.807) is 7.11 Å². The third kappa shape index (κ3) is 2.45. The van der Waals surface area contributed by atoms with Gasteiger partial charge in [-0.05, 0) is 25.2 Å². The Bertz CT molecular complexity index is 573. The van der Waals surface area contributed by atoms with E-state index < -0.39 is 11.2 Å². The molecular formula is C13H20N2O4. The molecule has 1 saturated carbocycles. The summed E-state index contributed by atoms with van der Waals surface area (Å²) in [5.74, 6) is -0.347. The summed E-state index contributed by atoms with van der Waals surface area (Å²) >= 11 is 0. The van der Waals surface area contributed by atoms with Crippen molar-refractivity contribution in [2.45, 2.75) is 51.2 Å². The molecule has 19 heavy (non-hydrogen) atoms. The summed E-state index contributed by atoms with van der Waals surface area (Å²) in [6, 6.07) is -0.119. The van der Waals surface area contributed by atoms with Crippen LogP contribution in [0.5, 0.6) is 5.88 Å². The minimum atomic E-state index is -0.548. The average molecular weight is 268 g/mol. The number of methoxy groups -OCH3 is 1. The van der Waals surface area contributed by atoms with Crippen molar-refractivity contribution >= 4 is 0 Å². The van der Waals surface area contributed by atoms with Crippen molar-refractivity contribution in [2.75, 3.05) is 7.11 Å². The molecule has 2 atom stereocenters. The Balaban J connectivity index is 2.49. The van der Waals surface area contributed by atoms with E-state index in [1.807, 2.05) is 13.8 Å². The summed E-state index contributed by atoms with van der Waals surface area (Å²) in [7, 11) is 1.64. The van der Waals surface area contributed by atoms with Gasteiger partial charge in [-0.2, -0.15) is 0 Å². The Morgan fingerprint density at radius 1 is 1.37 bits per heavy atom. The Kier molecular flexibility index (Phi) is 3.80. The van der Waals surface area contributed by atoms with E-state index in [4.69, 9.17) is 4.74 Å². The lowest BCUT2D eigenvalue weighted by Gasteiger charge is -2.18. The van der Waals surface area contributed by atoms with Gasteiger partial charge >= 0.3 is 5.69 Å². The molecule has 6 nitrogen and oxygen atoms in total. The van der Waals surface area contributed by atoms with Crippen LogP contribution in [-0.2, 0) is 4.74 Å². The van der Waals surface area contributed by atoms with E-state index in [0.29, 0.717) is 6.42 Å². The van der Waals surface area contributed by atoms with Crippen LogP contribution < -0.4 is 11.2 Å². The summed E-state index contributed by atoms with van der Waals surface area (Å²) in [5.41, 5.74) is -0.788. The van der Waals surface area contributed by atoms with Crippen LogP contribution in [0.3, 0.4) is 0 Å². The molecule has 0 bridgehead atoms. The highest BCUT2D eigenvalue weighted by molar-refractivity contribution is 5.26. The first kappa shape index (κ1) is 13.9. The number of hydrogen-bond donors (Lipinski definition) is 2. The average Bonchev–Trinajstić information content (AvgIpc) is 2.76. The molecule has 1 aromatic rings. The maximum atomic E-state index is 11.9. The number of nitrogens with one attached hydrogen (secondary N) is 1. The molecule has 2 unspecified atom stereocenters. The first-order valence-electron chi connectivity index (χ1n) is 6.56. The number of H-pyrrole nitrogens is 1. The Morgan fingerprint density at radius 3 is 2.58 bits per heavy atom. The van der Waals surface area contributed by atoms with Crippen molar-refractivity contribution in [1.82, 2.24) is 9.55 Å². The van der Waals surface area contributed by atoms with Gasteiger partial charge in [0.2, 0.25) is 5.88 Å². The topological polar surface area (TPSA) is 84.3 Å². The molecule has 2 rings (SSSR count). The minimum Gasteiger partial charge on any atom is -0.494 e. The number of rotatable bonds is 3. The van der Waals surface area contributed by atoms with Crippen LogP contribution in [0.2, 0.25) is 0 Å². The Labute approximate surface area is 111 Å². The van der Waals surface area contributed by atoms with Gasteiger partial charge in [0.25, 0.3) is 5.56 Å². The van der Waals surface area contributed by atoms with Crippen LogP contribution in [0.15, 0.2) is 9.59 Å². The van der Waals surface area contributed by atoms with Crippen LogP contribution in [0.4, 0.5) is 0 Å². The molecule has 0 aliphatic heterocycles. The van der Waals surface area contributed by atoms with Crippen LogP contribution in [-0.4, -0.2) is 27.9 Å². The number of nitrogens with zero attached hydrogens (tertiary/aromatic N) is 1. The van der Waals surface area contributed by atoms with Crippen LogP contribution >= 0.6 is 0 Å². The molecule has 2 N–H and O–H groups in total. The molecule has 0 saturated heterocycles. The summed E-state index contributed by atoms with van der Waals surface area (Å²) in [6.07, 6.45) is 2.39. The monoisotopic (exact) mass is 268 g/mol. The predicted octanol–water partition coefficient (Wildman–Crippen LogP) is 1.11. The zero-order valence-corrected chi connectivity index (χ0v) is 11.5. The first-order chi connectivity index (χ1) is 8.95. The molecule has 1 fully saturated rings. The van der Waals surface area contributed by atoms with Gasteiger partial charge in [-0.1, -0.05) is 13.8 Å². The third-order valence-corrected chi connectivity index (χ3v) is 3.79. The number of ether oxygens (including phenoxy) is 1. The highest BCUT2D eigenvalue weighted by Crippen LogP contribution is 2.34. The van der Waals surface area contributed by atoms with Crippen molar-refractivity contribution in [3.8, 4) is 5.88 Å². The molecule has 1 heterocycles. The lowest BCUT2D eigenvalue weighted by atomic mass is 10.1. The van der Waals surface area contributed by atoms with Crippen molar-refractivity contribution < 1.29 is 9.84 Å². The van der Waals surface area contributed by atoms with E-state index >= 15 is 0 Å². The SMILES string of the molecule is COC1CCC(n2c(O)c(C(C)C)c(=O)[nH]c2=O)C1. The largest absolute Gasteiger partial charge is 0.494 e. The van der Waals surface area contributed by atoms with Crippen LogP contribution in [0.25, 0.3) is 0 Å². The van der Waals surface area contributed by atoms with E-state index in [-0.39, 0.29) is 29.5 Å². The maximum absolute atomic E-state index is 11.9. The molecule has 0 amide bonds. The molecule has 0 spiro atoms. The Morgan fingerprint density at radius 2 is 2.05 bits per heavy atom. The smallest absolute Gasteiger partial charge is 0.331 e. The Hall–Kier alpha value is -1.56. The van der Waals surface area contributed by atoms with Crippen molar-refractivity contribution in [2.24, 2.45) is 0 Å². The second-order valence-electron chi connectivity index (χ2n) is 5.35. The summed E-state index contributed by atoms with van der Waals surface area (Å²) < 4.78 is 6.58. The van der Waals surface area contributed by atoms with Gasteiger partial charge in [0.15, 0.2) is 0 Å². The quantitative estimate of drug-likeness (QED) is 0.860. The molecule has 1 aromatic heterocycles. The summed E-state index contributed by atoms with van der Waals surface area (Å²) in [6.45, 7) is 3.62. The van der Waals surface area contributed by atoms with Gasteiger partial charge in [-0.25, -0.2) is 4.79 Å². The predicted molar refractivity (Wildman–Crippen MR) is 70.8 cm³/mol. The lowest BCUT2D eigenvalue weighted by molar-refractivity contribution is 0.105. The first-order valence-corrected chi connectivity index (χ1v) is 6.56. The lowest BCUT2D eigenvalue weighted by Crippen LogP contribution is -2.34. The number of aromatic hydroxyl groups is 1. The third-order valence-electron chi connectivity index (χ3n) is 3.79. The van der Waals surface area contributed by atoms with E-state index in [0.717, 1.165) is 12.8 Å². The molecule has 0 radical (unpaired) electrons. The standard InChI is InChI=1S/C13H20N2O4/c1-7(2)10-11(16)14-13(18)15(12(10)17)8-4-5-9(6-8)19-3/h7-9,17H,4-6H2,1-3H3,(H,14,16,18). The van der Waals surface area contributed by atoms with E-state index in [2.05, 4.69) is 4.98 Å². The second kappa shape index (κ2) is 5.21. The van der Waals surface area contributed by atoms with Crippen LogP contribution in [0.1, 0.15) is 50.6 Å².